The fourth-order valence-corrected chi connectivity index (χ4v) is 2.71. The molecule has 0 radical (unpaired) electrons. The number of ketones is 1. The molecule has 0 spiro atoms. The van der Waals surface area contributed by atoms with Gasteiger partial charge in [0.25, 0.3) is 0 Å². The zero-order valence-electron chi connectivity index (χ0n) is 16.2. The van der Waals surface area contributed by atoms with Crippen molar-refractivity contribution in [3.8, 4) is 34.5 Å². The molecule has 0 amide bonds. The Morgan fingerprint density at radius 3 is 2.52 bits per heavy atom. The molecule has 3 rings (SSSR count). The molecule has 0 unspecified atom stereocenters. The molecule has 0 aliphatic carbocycles. The highest BCUT2D eigenvalue weighted by atomic mass is 19.4. The lowest BCUT2D eigenvalue weighted by Crippen LogP contribution is -2.17. The van der Waals surface area contributed by atoms with E-state index in [0.29, 0.717) is 11.1 Å². The summed E-state index contributed by atoms with van der Waals surface area (Å²) in [5.41, 5.74) is 1.24. The molecule has 3 aromatic rings. The second kappa shape index (κ2) is 8.93. The number of carbonyl (C=O) groups excluding carboxylic acids is 1. The zero-order chi connectivity index (χ0) is 22.6. The van der Waals surface area contributed by atoms with Crippen LogP contribution in [0.25, 0.3) is 22.6 Å². The van der Waals surface area contributed by atoms with Crippen molar-refractivity contribution in [2.75, 3.05) is 6.61 Å². The summed E-state index contributed by atoms with van der Waals surface area (Å²) in [6, 6.07) is 8.23. The molecule has 0 aliphatic heterocycles. The first-order valence-corrected chi connectivity index (χ1v) is 8.96. The number of carbonyl (C=O) groups is 1. The number of aliphatic hydroxyl groups excluding tert-OH is 1. The Balaban J connectivity index is 2.01. The molecule has 1 atom stereocenters. The molecule has 2 heterocycles. The minimum absolute atomic E-state index is 0.00757. The van der Waals surface area contributed by atoms with Crippen LogP contribution in [0.4, 0.5) is 13.2 Å². The number of nitriles is 1. The van der Waals surface area contributed by atoms with E-state index in [1.54, 1.807) is 13.2 Å². The van der Waals surface area contributed by atoms with Crippen LogP contribution in [0.1, 0.15) is 16.9 Å². The standard InChI is InChI=1S/C20H16F3N5O3/c1-28-10-14(9-25-28)19-26-16(7-17(27-19)18(30)6-12(8-24)11-29)13-2-4-15(5-3-13)31-20(21,22)23/h2-5,7,9-10,12,29H,6,11H2,1H3/t12-/m0/s1. The summed E-state index contributed by atoms with van der Waals surface area (Å²) >= 11 is 0. The third-order valence-electron chi connectivity index (χ3n) is 4.19. The molecule has 0 fully saturated rings. The number of aliphatic hydroxyl groups is 1. The highest BCUT2D eigenvalue weighted by Crippen LogP contribution is 2.27. The zero-order valence-corrected chi connectivity index (χ0v) is 16.2. The van der Waals surface area contributed by atoms with E-state index in [1.165, 1.54) is 29.1 Å². The first-order valence-electron chi connectivity index (χ1n) is 8.96. The minimum Gasteiger partial charge on any atom is -0.406 e. The van der Waals surface area contributed by atoms with Crippen LogP contribution in [-0.4, -0.2) is 43.6 Å². The quantitative estimate of drug-likeness (QED) is 0.572. The molecular weight excluding hydrogens is 415 g/mol. The van der Waals surface area contributed by atoms with Gasteiger partial charge in [-0.1, -0.05) is 0 Å². The third-order valence-corrected chi connectivity index (χ3v) is 4.19. The fraction of sp³-hybridized carbons (Fsp3) is 0.250. The molecule has 0 bridgehead atoms. The van der Waals surface area contributed by atoms with Gasteiger partial charge in [-0.05, 0) is 30.3 Å². The maximum Gasteiger partial charge on any atom is 0.573 e. The van der Waals surface area contributed by atoms with Gasteiger partial charge in [0.1, 0.15) is 11.4 Å². The number of hydrogen-bond acceptors (Lipinski definition) is 7. The van der Waals surface area contributed by atoms with Crippen LogP contribution in [0, 0.1) is 17.2 Å². The molecule has 0 saturated carbocycles. The lowest BCUT2D eigenvalue weighted by Gasteiger charge is -2.11. The number of aryl methyl sites for hydroxylation is 1. The smallest absolute Gasteiger partial charge is 0.406 e. The van der Waals surface area contributed by atoms with Crippen molar-refractivity contribution >= 4 is 5.78 Å². The molecule has 2 aromatic heterocycles. The van der Waals surface area contributed by atoms with Crippen LogP contribution in [0.15, 0.2) is 42.7 Å². The van der Waals surface area contributed by atoms with E-state index in [9.17, 15) is 23.1 Å². The molecule has 1 aromatic carbocycles. The van der Waals surface area contributed by atoms with Crippen molar-refractivity contribution in [1.82, 2.24) is 19.7 Å². The van der Waals surface area contributed by atoms with Gasteiger partial charge in [0.15, 0.2) is 11.6 Å². The van der Waals surface area contributed by atoms with Crippen LogP contribution in [0.5, 0.6) is 5.75 Å². The maximum absolute atomic E-state index is 12.6. The van der Waals surface area contributed by atoms with E-state index in [0.717, 1.165) is 12.1 Å². The summed E-state index contributed by atoms with van der Waals surface area (Å²) in [6.45, 7) is -0.476. The summed E-state index contributed by atoms with van der Waals surface area (Å²) in [5.74, 6) is -1.58. The highest BCUT2D eigenvalue weighted by molar-refractivity contribution is 5.96. The summed E-state index contributed by atoms with van der Waals surface area (Å²) < 4.78 is 42.5. The Morgan fingerprint density at radius 1 is 1.26 bits per heavy atom. The Kier molecular flexibility index (Phi) is 6.31. The fourth-order valence-electron chi connectivity index (χ4n) is 2.71. The SMILES string of the molecule is Cn1cc(-c2nc(C(=O)C[C@@H](C#N)CO)cc(-c3ccc(OC(F)(F)F)cc3)n2)cn1. The summed E-state index contributed by atoms with van der Waals surface area (Å²) in [7, 11) is 1.69. The summed E-state index contributed by atoms with van der Waals surface area (Å²) in [4.78, 5) is 21.3. The first kappa shape index (κ1) is 21.9. The number of Topliss-reactive ketones (excluding diaryl/α,β-unsaturated/α-hetero) is 1. The third kappa shape index (κ3) is 5.64. The Morgan fingerprint density at radius 2 is 1.97 bits per heavy atom. The molecule has 1 N–H and O–H groups in total. The number of rotatable bonds is 7. The molecule has 0 saturated heterocycles. The Hall–Kier alpha value is -3.78. The predicted octanol–water partition coefficient (Wildman–Crippen LogP) is 3.15. The second-order valence-electron chi connectivity index (χ2n) is 6.57. The number of benzene rings is 1. The first-order chi connectivity index (χ1) is 14.7. The Labute approximate surface area is 174 Å². The summed E-state index contributed by atoms with van der Waals surface area (Å²) in [5, 5.41) is 22.2. The minimum atomic E-state index is -4.81. The number of hydrogen-bond donors (Lipinski definition) is 1. The van der Waals surface area contributed by atoms with Crippen molar-refractivity contribution < 1.29 is 27.8 Å². The van der Waals surface area contributed by atoms with Gasteiger partial charge < -0.3 is 9.84 Å². The number of aromatic nitrogens is 4. The number of halogens is 3. The maximum atomic E-state index is 12.6. The van der Waals surface area contributed by atoms with Crippen LogP contribution in [-0.2, 0) is 7.05 Å². The van der Waals surface area contributed by atoms with Gasteiger partial charge in [-0.2, -0.15) is 10.4 Å². The van der Waals surface area contributed by atoms with Crippen LogP contribution >= 0.6 is 0 Å². The molecular formula is C20H16F3N5O3. The van der Waals surface area contributed by atoms with E-state index in [-0.39, 0.29) is 23.6 Å². The average molecular weight is 431 g/mol. The van der Waals surface area contributed by atoms with Gasteiger partial charge >= 0.3 is 6.36 Å². The molecule has 11 heteroatoms. The van der Waals surface area contributed by atoms with E-state index < -0.39 is 30.4 Å². The number of alkyl halides is 3. The lowest BCUT2D eigenvalue weighted by molar-refractivity contribution is -0.274. The van der Waals surface area contributed by atoms with Gasteiger partial charge in [0, 0.05) is 25.2 Å². The average Bonchev–Trinajstić information content (AvgIpc) is 3.17. The lowest BCUT2D eigenvalue weighted by atomic mass is 10.0. The van der Waals surface area contributed by atoms with Crippen molar-refractivity contribution in [3.63, 3.8) is 0 Å². The number of ether oxygens (including phenoxy) is 1. The van der Waals surface area contributed by atoms with Gasteiger partial charge in [-0.25, -0.2) is 9.97 Å². The van der Waals surface area contributed by atoms with Crippen molar-refractivity contribution in [1.29, 1.82) is 5.26 Å². The van der Waals surface area contributed by atoms with Crippen LogP contribution in [0.3, 0.4) is 0 Å². The largest absolute Gasteiger partial charge is 0.573 e. The molecule has 0 aliphatic rings. The molecule has 160 valence electrons. The van der Waals surface area contributed by atoms with Gasteiger partial charge in [0.05, 0.1) is 36.0 Å². The van der Waals surface area contributed by atoms with Crippen LogP contribution in [0.2, 0.25) is 0 Å². The molecule has 31 heavy (non-hydrogen) atoms. The van der Waals surface area contributed by atoms with Gasteiger partial charge in [-0.15, -0.1) is 13.2 Å². The highest BCUT2D eigenvalue weighted by Gasteiger charge is 2.31. The van der Waals surface area contributed by atoms with E-state index in [1.807, 2.05) is 6.07 Å². The number of nitrogens with zero attached hydrogens (tertiary/aromatic N) is 5. The van der Waals surface area contributed by atoms with Crippen LogP contribution < -0.4 is 4.74 Å². The van der Waals surface area contributed by atoms with Crippen molar-refractivity contribution in [3.05, 3.63) is 48.4 Å². The van der Waals surface area contributed by atoms with E-state index in [4.69, 9.17) is 5.26 Å². The van der Waals surface area contributed by atoms with Crippen molar-refractivity contribution in [2.45, 2.75) is 12.8 Å². The monoisotopic (exact) mass is 431 g/mol. The molecule has 8 nitrogen and oxygen atoms in total. The normalized spacial score (nSPS) is 12.3. The van der Waals surface area contributed by atoms with E-state index >= 15 is 0 Å². The predicted molar refractivity (Wildman–Crippen MR) is 101 cm³/mol. The van der Waals surface area contributed by atoms with Crippen molar-refractivity contribution in [2.24, 2.45) is 13.0 Å². The second-order valence-corrected chi connectivity index (χ2v) is 6.57. The van der Waals surface area contributed by atoms with E-state index in [2.05, 4.69) is 19.8 Å². The Bertz CT molecular complexity index is 1120. The van der Waals surface area contributed by atoms with Gasteiger partial charge in [0.2, 0.25) is 0 Å². The summed E-state index contributed by atoms with van der Waals surface area (Å²) in [6.07, 6.45) is -1.92. The van der Waals surface area contributed by atoms with Gasteiger partial charge in [-0.3, -0.25) is 9.48 Å². The topological polar surface area (TPSA) is 114 Å².